The van der Waals surface area contributed by atoms with Crippen LogP contribution in [0.4, 0.5) is 5.69 Å². The van der Waals surface area contributed by atoms with Gasteiger partial charge in [-0.25, -0.2) is 0 Å². The number of benzene rings is 1. The smallest absolute Gasteiger partial charge is 0.237 e. The third kappa shape index (κ3) is 2.12. The van der Waals surface area contributed by atoms with Gasteiger partial charge in [-0.2, -0.15) is 0 Å². The molecule has 1 fully saturated rings. The SMILES string of the molecule is CN1C(=O)CSc2c(OCC3CO3)cccc21. The molecule has 1 aromatic rings. The van der Waals surface area contributed by atoms with Gasteiger partial charge in [-0.1, -0.05) is 6.07 Å². The van der Waals surface area contributed by atoms with E-state index in [1.165, 1.54) is 0 Å². The minimum Gasteiger partial charge on any atom is -0.490 e. The average Bonchev–Trinajstić information content (AvgIpc) is 3.15. The van der Waals surface area contributed by atoms with Crippen molar-refractivity contribution >= 4 is 23.4 Å². The summed E-state index contributed by atoms with van der Waals surface area (Å²) in [7, 11) is 1.80. The summed E-state index contributed by atoms with van der Waals surface area (Å²) in [6, 6.07) is 5.80. The van der Waals surface area contributed by atoms with Crippen LogP contribution in [0.3, 0.4) is 0 Å². The molecule has 1 saturated heterocycles. The van der Waals surface area contributed by atoms with Crippen molar-refractivity contribution in [3.63, 3.8) is 0 Å². The molecule has 1 unspecified atom stereocenters. The van der Waals surface area contributed by atoms with Gasteiger partial charge < -0.3 is 14.4 Å². The maximum absolute atomic E-state index is 11.6. The number of ether oxygens (including phenoxy) is 2. The van der Waals surface area contributed by atoms with Crippen LogP contribution >= 0.6 is 11.8 Å². The van der Waals surface area contributed by atoms with E-state index in [0.717, 1.165) is 22.9 Å². The van der Waals surface area contributed by atoms with Crippen LogP contribution in [-0.4, -0.2) is 38.0 Å². The summed E-state index contributed by atoms with van der Waals surface area (Å²) in [5.74, 6) is 1.46. The van der Waals surface area contributed by atoms with Crippen LogP contribution < -0.4 is 9.64 Å². The van der Waals surface area contributed by atoms with E-state index in [2.05, 4.69) is 0 Å². The number of nitrogens with zero attached hydrogens (tertiary/aromatic N) is 1. The average molecular weight is 251 g/mol. The van der Waals surface area contributed by atoms with Gasteiger partial charge in [0.25, 0.3) is 0 Å². The normalized spacial score (nSPS) is 22.3. The first kappa shape index (κ1) is 10.9. The predicted molar refractivity (Wildman–Crippen MR) is 65.8 cm³/mol. The number of carbonyl (C=O) groups is 1. The quantitative estimate of drug-likeness (QED) is 0.764. The van der Waals surface area contributed by atoms with Gasteiger partial charge in [0, 0.05) is 7.05 Å². The summed E-state index contributed by atoms with van der Waals surface area (Å²) in [5.41, 5.74) is 0.931. The van der Waals surface area contributed by atoms with Crippen molar-refractivity contribution in [3.8, 4) is 5.75 Å². The molecule has 0 N–H and O–H groups in total. The topological polar surface area (TPSA) is 42.1 Å². The molecule has 0 spiro atoms. The number of hydrogen-bond donors (Lipinski definition) is 0. The molecule has 0 aliphatic carbocycles. The van der Waals surface area contributed by atoms with Gasteiger partial charge in [0.15, 0.2) is 0 Å². The molecule has 2 heterocycles. The summed E-state index contributed by atoms with van der Waals surface area (Å²) in [6.07, 6.45) is 0.249. The summed E-state index contributed by atoms with van der Waals surface area (Å²) >= 11 is 1.54. The maximum atomic E-state index is 11.6. The van der Waals surface area contributed by atoms with Gasteiger partial charge in [0.1, 0.15) is 18.5 Å². The fourth-order valence-electron chi connectivity index (χ4n) is 1.74. The van der Waals surface area contributed by atoms with Crippen molar-refractivity contribution in [2.24, 2.45) is 0 Å². The van der Waals surface area contributed by atoms with Crippen molar-refractivity contribution in [2.45, 2.75) is 11.0 Å². The van der Waals surface area contributed by atoms with Crippen molar-refractivity contribution < 1.29 is 14.3 Å². The fourth-order valence-corrected chi connectivity index (χ4v) is 2.82. The first-order chi connectivity index (χ1) is 8.25. The molecule has 5 heteroatoms. The Labute approximate surface area is 104 Å². The Balaban J connectivity index is 1.86. The van der Waals surface area contributed by atoms with Crippen LogP contribution in [0.2, 0.25) is 0 Å². The van der Waals surface area contributed by atoms with Gasteiger partial charge in [0.05, 0.1) is 22.9 Å². The summed E-state index contributed by atoms with van der Waals surface area (Å²) in [5, 5.41) is 0. The van der Waals surface area contributed by atoms with E-state index in [4.69, 9.17) is 9.47 Å². The number of hydrogen-bond acceptors (Lipinski definition) is 4. The molecule has 0 bridgehead atoms. The molecular weight excluding hydrogens is 238 g/mol. The number of anilines is 1. The zero-order chi connectivity index (χ0) is 11.8. The Hall–Kier alpha value is -1.20. The molecular formula is C12H13NO3S. The third-order valence-electron chi connectivity index (χ3n) is 2.86. The largest absolute Gasteiger partial charge is 0.490 e. The van der Waals surface area contributed by atoms with Gasteiger partial charge in [-0.15, -0.1) is 11.8 Å². The molecule has 0 saturated carbocycles. The highest BCUT2D eigenvalue weighted by Gasteiger charge is 2.27. The highest BCUT2D eigenvalue weighted by molar-refractivity contribution is 8.00. The minimum atomic E-state index is 0.130. The lowest BCUT2D eigenvalue weighted by atomic mass is 10.2. The first-order valence-electron chi connectivity index (χ1n) is 5.52. The molecule has 2 aliphatic heterocycles. The van der Waals surface area contributed by atoms with Crippen molar-refractivity contribution in [1.82, 2.24) is 0 Å². The Bertz CT molecular complexity index is 459. The second-order valence-corrected chi connectivity index (χ2v) is 5.10. The molecule has 1 amide bonds. The van der Waals surface area contributed by atoms with Crippen LogP contribution in [0.15, 0.2) is 23.1 Å². The molecule has 2 aliphatic rings. The van der Waals surface area contributed by atoms with Gasteiger partial charge in [-0.3, -0.25) is 4.79 Å². The van der Waals surface area contributed by atoms with Gasteiger partial charge in [0.2, 0.25) is 5.91 Å². The van der Waals surface area contributed by atoms with Gasteiger partial charge in [-0.05, 0) is 12.1 Å². The fraction of sp³-hybridized carbons (Fsp3) is 0.417. The van der Waals surface area contributed by atoms with E-state index in [1.807, 2.05) is 18.2 Å². The zero-order valence-corrected chi connectivity index (χ0v) is 10.3. The second kappa shape index (κ2) is 4.23. The molecule has 90 valence electrons. The van der Waals surface area contributed by atoms with E-state index in [-0.39, 0.29) is 12.0 Å². The van der Waals surface area contributed by atoms with E-state index < -0.39 is 0 Å². The summed E-state index contributed by atoms with van der Waals surface area (Å²) in [4.78, 5) is 14.3. The molecule has 0 aromatic heterocycles. The Kier molecular flexibility index (Phi) is 2.72. The van der Waals surface area contributed by atoms with Gasteiger partial charge >= 0.3 is 0 Å². The van der Waals surface area contributed by atoms with Crippen LogP contribution in [0, 0.1) is 0 Å². The van der Waals surface area contributed by atoms with E-state index in [0.29, 0.717) is 12.4 Å². The highest BCUT2D eigenvalue weighted by atomic mass is 32.2. The molecule has 1 atom stereocenters. The maximum Gasteiger partial charge on any atom is 0.237 e. The standard InChI is InChI=1S/C12H13NO3S/c1-13-9-3-2-4-10(16-6-8-5-15-8)12(9)17-7-11(13)14/h2-4,8H,5-7H2,1H3. The molecule has 1 aromatic carbocycles. The monoisotopic (exact) mass is 251 g/mol. The number of amides is 1. The second-order valence-electron chi connectivity index (χ2n) is 4.11. The summed E-state index contributed by atoms with van der Waals surface area (Å²) in [6.45, 7) is 1.38. The van der Waals surface area contributed by atoms with Crippen LogP contribution in [0.25, 0.3) is 0 Å². The van der Waals surface area contributed by atoms with E-state index >= 15 is 0 Å². The highest BCUT2D eigenvalue weighted by Crippen LogP contribution is 2.41. The Morgan fingerprint density at radius 3 is 3.18 bits per heavy atom. The first-order valence-corrected chi connectivity index (χ1v) is 6.51. The van der Waals surface area contributed by atoms with Crippen molar-refractivity contribution in [2.75, 3.05) is 30.9 Å². The van der Waals surface area contributed by atoms with Crippen LogP contribution in [0.1, 0.15) is 0 Å². The minimum absolute atomic E-state index is 0.130. The Morgan fingerprint density at radius 2 is 2.41 bits per heavy atom. The number of fused-ring (bicyclic) bond motifs is 1. The number of carbonyl (C=O) groups excluding carboxylic acids is 1. The lowest BCUT2D eigenvalue weighted by Gasteiger charge is -2.26. The van der Waals surface area contributed by atoms with E-state index in [9.17, 15) is 4.79 Å². The van der Waals surface area contributed by atoms with Crippen LogP contribution in [-0.2, 0) is 9.53 Å². The zero-order valence-electron chi connectivity index (χ0n) is 9.51. The number of rotatable bonds is 3. The van der Waals surface area contributed by atoms with E-state index in [1.54, 1.807) is 23.7 Å². The number of epoxide rings is 1. The van der Waals surface area contributed by atoms with Crippen LogP contribution in [0.5, 0.6) is 5.75 Å². The van der Waals surface area contributed by atoms with Crippen molar-refractivity contribution in [1.29, 1.82) is 0 Å². The molecule has 3 rings (SSSR count). The third-order valence-corrected chi connectivity index (χ3v) is 3.95. The number of thioether (sulfide) groups is 1. The van der Waals surface area contributed by atoms with Crippen molar-refractivity contribution in [3.05, 3.63) is 18.2 Å². The predicted octanol–water partition coefficient (Wildman–Crippen LogP) is 1.53. The lowest BCUT2D eigenvalue weighted by molar-refractivity contribution is -0.116. The lowest BCUT2D eigenvalue weighted by Crippen LogP contribution is -2.31. The Morgan fingerprint density at radius 1 is 1.59 bits per heavy atom. The molecule has 4 nitrogen and oxygen atoms in total. The molecule has 0 radical (unpaired) electrons. The summed E-state index contributed by atoms with van der Waals surface area (Å²) < 4.78 is 10.8. The molecule has 17 heavy (non-hydrogen) atoms.